The summed E-state index contributed by atoms with van der Waals surface area (Å²) in [6.45, 7) is 8.97. The molecule has 0 bridgehead atoms. The lowest BCUT2D eigenvalue weighted by atomic mass is 9.84. The van der Waals surface area contributed by atoms with Gasteiger partial charge in [0, 0.05) is 25.3 Å². The highest BCUT2D eigenvalue weighted by Gasteiger charge is 2.25. The third-order valence-corrected chi connectivity index (χ3v) is 4.72. The van der Waals surface area contributed by atoms with E-state index in [-0.39, 0.29) is 0 Å². The van der Waals surface area contributed by atoms with Crippen LogP contribution in [0.2, 0.25) is 0 Å². The minimum Gasteiger partial charge on any atom is -0.374 e. The molecule has 1 saturated carbocycles. The van der Waals surface area contributed by atoms with Crippen LogP contribution >= 0.6 is 0 Å². The number of hydrogen-bond acceptors (Lipinski definition) is 2. The van der Waals surface area contributed by atoms with Crippen molar-refractivity contribution in [2.45, 2.75) is 58.9 Å². The number of anilines is 1. The molecule has 1 aliphatic carbocycles. The Kier molecular flexibility index (Phi) is 6.10. The summed E-state index contributed by atoms with van der Waals surface area (Å²) in [6, 6.07) is 7.59. The maximum atomic E-state index is 3.77. The van der Waals surface area contributed by atoms with Crippen molar-refractivity contribution in [3.63, 3.8) is 0 Å². The second kappa shape index (κ2) is 7.84. The molecule has 0 amide bonds. The third-order valence-electron chi connectivity index (χ3n) is 4.72. The van der Waals surface area contributed by atoms with Crippen molar-refractivity contribution in [3.8, 4) is 0 Å². The predicted molar refractivity (Wildman–Crippen MR) is 93.2 cm³/mol. The van der Waals surface area contributed by atoms with Crippen molar-refractivity contribution >= 4 is 5.69 Å². The highest BCUT2D eigenvalue weighted by atomic mass is 15.1. The Morgan fingerprint density at radius 2 is 1.76 bits per heavy atom. The molecule has 1 aliphatic rings. The molecule has 0 aromatic heterocycles. The molecule has 0 radical (unpaired) electrons. The standard InChI is InChI=1S/C19H32N2/c1-5-10-20-19-9-7-6-8-17(19)14-21(4)18-12-15(2)11-16(3)13-18/h11-13,17,19-20H,5-10,14H2,1-4H3. The van der Waals surface area contributed by atoms with Gasteiger partial charge in [0.2, 0.25) is 0 Å². The average molecular weight is 288 g/mol. The number of nitrogens with one attached hydrogen (secondary N) is 1. The van der Waals surface area contributed by atoms with E-state index in [2.05, 4.69) is 56.2 Å². The van der Waals surface area contributed by atoms with Crippen LogP contribution in [0.3, 0.4) is 0 Å². The lowest BCUT2D eigenvalue weighted by molar-refractivity contribution is 0.266. The molecule has 1 fully saturated rings. The summed E-state index contributed by atoms with van der Waals surface area (Å²) in [5, 5.41) is 3.77. The average Bonchev–Trinajstić information content (AvgIpc) is 2.45. The summed E-state index contributed by atoms with van der Waals surface area (Å²) in [5.41, 5.74) is 4.09. The zero-order valence-corrected chi connectivity index (χ0v) is 14.3. The van der Waals surface area contributed by atoms with E-state index in [4.69, 9.17) is 0 Å². The summed E-state index contributed by atoms with van der Waals surface area (Å²) < 4.78 is 0. The smallest absolute Gasteiger partial charge is 0.0369 e. The second-order valence-corrected chi connectivity index (χ2v) is 6.83. The number of hydrogen-bond donors (Lipinski definition) is 1. The molecule has 2 atom stereocenters. The van der Waals surface area contributed by atoms with E-state index >= 15 is 0 Å². The van der Waals surface area contributed by atoms with E-state index in [1.807, 2.05) is 0 Å². The van der Waals surface area contributed by atoms with E-state index in [9.17, 15) is 0 Å². The molecule has 2 rings (SSSR count). The lowest BCUT2D eigenvalue weighted by Gasteiger charge is -2.36. The van der Waals surface area contributed by atoms with Gasteiger partial charge >= 0.3 is 0 Å². The molecule has 0 spiro atoms. The Labute approximate surface area is 130 Å². The molecule has 1 aromatic carbocycles. The van der Waals surface area contributed by atoms with Crippen LogP contribution in [0.25, 0.3) is 0 Å². The summed E-state index contributed by atoms with van der Waals surface area (Å²) in [4.78, 5) is 2.45. The van der Waals surface area contributed by atoms with Gasteiger partial charge in [-0.25, -0.2) is 0 Å². The first-order valence-electron chi connectivity index (χ1n) is 8.63. The highest BCUT2D eigenvalue weighted by Crippen LogP contribution is 2.27. The largest absolute Gasteiger partial charge is 0.374 e. The third kappa shape index (κ3) is 4.74. The van der Waals surface area contributed by atoms with Crippen LogP contribution in [0.5, 0.6) is 0 Å². The lowest BCUT2D eigenvalue weighted by Crippen LogP contribution is -2.43. The molecule has 21 heavy (non-hydrogen) atoms. The van der Waals surface area contributed by atoms with E-state index < -0.39 is 0 Å². The van der Waals surface area contributed by atoms with Gasteiger partial charge in [-0.15, -0.1) is 0 Å². The van der Waals surface area contributed by atoms with E-state index in [1.54, 1.807) is 0 Å². The van der Waals surface area contributed by atoms with Crippen molar-refractivity contribution in [3.05, 3.63) is 29.3 Å². The molecule has 2 heteroatoms. The Hall–Kier alpha value is -1.02. The zero-order valence-electron chi connectivity index (χ0n) is 14.3. The summed E-state index contributed by atoms with van der Waals surface area (Å²) >= 11 is 0. The van der Waals surface area contributed by atoms with Crippen LogP contribution in [0.15, 0.2) is 18.2 Å². The molecule has 1 aromatic rings. The Morgan fingerprint density at radius 3 is 2.43 bits per heavy atom. The highest BCUT2D eigenvalue weighted by molar-refractivity contribution is 5.50. The van der Waals surface area contributed by atoms with Gasteiger partial charge < -0.3 is 10.2 Å². The van der Waals surface area contributed by atoms with E-state index in [0.29, 0.717) is 6.04 Å². The van der Waals surface area contributed by atoms with Gasteiger partial charge in [0.15, 0.2) is 0 Å². The number of rotatable bonds is 6. The molecule has 0 aliphatic heterocycles. The predicted octanol–water partition coefficient (Wildman–Crippen LogP) is 4.30. The Bertz CT molecular complexity index is 421. The zero-order chi connectivity index (χ0) is 15.2. The van der Waals surface area contributed by atoms with Crippen LogP contribution in [0.4, 0.5) is 5.69 Å². The van der Waals surface area contributed by atoms with Crippen LogP contribution < -0.4 is 10.2 Å². The first-order chi connectivity index (χ1) is 10.1. The monoisotopic (exact) mass is 288 g/mol. The summed E-state index contributed by atoms with van der Waals surface area (Å²) in [5.74, 6) is 0.788. The molecule has 2 unspecified atom stereocenters. The molecule has 1 N–H and O–H groups in total. The first-order valence-corrected chi connectivity index (χ1v) is 8.63. The van der Waals surface area contributed by atoms with Crippen molar-refractivity contribution < 1.29 is 0 Å². The van der Waals surface area contributed by atoms with Crippen molar-refractivity contribution in [2.75, 3.05) is 25.0 Å². The van der Waals surface area contributed by atoms with Gasteiger partial charge in [-0.2, -0.15) is 0 Å². The molecule has 2 nitrogen and oxygen atoms in total. The molecule has 118 valence electrons. The molecular weight excluding hydrogens is 256 g/mol. The van der Waals surface area contributed by atoms with Gasteiger partial charge in [-0.1, -0.05) is 25.8 Å². The Balaban J connectivity index is 2.00. The van der Waals surface area contributed by atoms with Crippen LogP contribution in [-0.4, -0.2) is 26.2 Å². The normalized spacial score (nSPS) is 22.3. The quantitative estimate of drug-likeness (QED) is 0.839. The maximum Gasteiger partial charge on any atom is 0.0369 e. The van der Waals surface area contributed by atoms with Gasteiger partial charge in [-0.3, -0.25) is 0 Å². The van der Waals surface area contributed by atoms with Crippen molar-refractivity contribution in [1.29, 1.82) is 0 Å². The molecule has 0 saturated heterocycles. The van der Waals surface area contributed by atoms with Crippen molar-refractivity contribution in [1.82, 2.24) is 5.32 Å². The van der Waals surface area contributed by atoms with Crippen LogP contribution in [0, 0.1) is 19.8 Å². The second-order valence-electron chi connectivity index (χ2n) is 6.83. The minimum atomic E-state index is 0.715. The number of aryl methyl sites for hydroxylation is 2. The summed E-state index contributed by atoms with van der Waals surface area (Å²) in [7, 11) is 2.25. The molecular formula is C19H32N2. The van der Waals surface area contributed by atoms with Crippen LogP contribution in [-0.2, 0) is 0 Å². The molecule has 0 heterocycles. The van der Waals surface area contributed by atoms with Gasteiger partial charge in [0.1, 0.15) is 0 Å². The van der Waals surface area contributed by atoms with E-state index in [1.165, 1.54) is 55.5 Å². The topological polar surface area (TPSA) is 15.3 Å². The van der Waals surface area contributed by atoms with Crippen molar-refractivity contribution in [2.24, 2.45) is 5.92 Å². The van der Waals surface area contributed by atoms with Gasteiger partial charge in [0.25, 0.3) is 0 Å². The SMILES string of the molecule is CCCNC1CCCCC1CN(C)c1cc(C)cc(C)c1. The fraction of sp³-hybridized carbons (Fsp3) is 0.684. The van der Waals surface area contributed by atoms with Crippen LogP contribution in [0.1, 0.15) is 50.2 Å². The fourth-order valence-electron chi connectivity index (χ4n) is 3.65. The maximum absolute atomic E-state index is 3.77. The minimum absolute atomic E-state index is 0.715. The Morgan fingerprint density at radius 1 is 1.10 bits per heavy atom. The number of benzene rings is 1. The van der Waals surface area contributed by atoms with E-state index in [0.717, 1.165) is 12.5 Å². The summed E-state index contributed by atoms with van der Waals surface area (Å²) in [6.07, 6.45) is 6.75. The van der Waals surface area contributed by atoms with Gasteiger partial charge in [0.05, 0.1) is 0 Å². The fourth-order valence-corrected chi connectivity index (χ4v) is 3.65. The first kappa shape index (κ1) is 16.4. The number of nitrogens with zero attached hydrogens (tertiary/aromatic N) is 1. The van der Waals surface area contributed by atoms with Gasteiger partial charge in [-0.05, 0) is 68.8 Å².